The summed E-state index contributed by atoms with van der Waals surface area (Å²) in [6.07, 6.45) is 2.21. The highest BCUT2D eigenvalue weighted by molar-refractivity contribution is 5.42. The van der Waals surface area contributed by atoms with Crippen LogP contribution in [0.25, 0.3) is 0 Å². The molecule has 3 heteroatoms. The Kier molecular flexibility index (Phi) is 6.78. The molecule has 0 spiro atoms. The second-order valence-electron chi connectivity index (χ2n) is 5.48. The SMILES string of the molecule is COc1cc(C)ccc1OCCCC[NH2+]Cc1ccccc1. The normalized spacial score (nSPS) is 10.5. The number of hydrogen-bond acceptors (Lipinski definition) is 2. The van der Waals surface area contributed by atoms with Gasteiger partial charge in [0.05, 0.1) is 20.3 Å². The van der Waals surface area contributed by atoms with E-state index >= 15 is 0 Å². The molecule has 0 atom stereocenters. The smallest absolute Gasteiger partial charge is 0.161 e. The molecule has 0 saturated carbocycles. The molecule has 2 N–H and O–H groups in total. The Morgan fingerprint density at radius 2 is 1.77 bits per heavy atom. The minimum Gasteiger partial charge on any atom is -0.493 e. The number of aryl methyl sites for hydroxylation is 1. The van der Waals surface area contributed by atoms with E-state index in [4.69, 9.17) is 9.47 Å². The zero-order valence-electron chi connectivity index (χ0n) is 13.5. The molecule has 0 amide bonds. The average Bonchev–Trinajstić information content (AvgIpc) is 2.56. The molecule has 0 aromatic heterocycles. The van der Waals surface area contributed by atoms with Gasteiger partial charge in [0.15, 0.2) is 11.5 Å². The second kappa shape index (κ2) is 9.11. The maximum Gasteiger partial charge on any atom is 0.161 e. The first-order valence-electron chi connectivity index (χ1n) is 7.92. The zero-order valence-corrected chi connectivity index (χ0v) is 13.5. The number of benzene rings is 2. The van der Waals surface area contributed by atoms with Crippen molar-refractivity contribution < 1.29 is 14.8 Å². The van der Waals surface area contributed by atoms with Crippen LogP contribution in [0.3, 0.4) is 0 Å². The van der Waals surface area contributed by atoms with Crippen molar-refractivity contribution in [3.8, 4) is 11.5 Å². The van der Waals surface area contributed by atoms with Crippen molar-refractivity contribution in [2.75, 3.05) is 20.3 Å². The molecule has 0 aliphatic heterocycles. The van der Waals surface area contributed by atoms with Crippen molar-refractivity contribution in [3.05, 3.63) is 59.7 Å². The molecule has 3 nitrogen and oxygen atoms in total. The Morgan fingerprint density at radius 3 is 2.55 bits per heavy atom. The lowest BCUT2D eigenvalue weighted by Gasteiger charge is -2.11. The zero-order chi connectivity index (χ0) is 15.6. The molecular weight excluding hydrogens is 274 g/mol. The second-order valence-corrected chi connectivity index (χ2v) is 5.48. The molecule has 0 aliphatic carbocycles. The average molecular weight is 300 g/mol. The molecule has 0 radical (unpaired) electrons. The Labute approximate surface area is 133 Å². The third-order valence-corrected chi connectivity index (χ3v) is 3.60. The van der Waals surface area contributed by atoms with E-state index in [2.05, 4.69) is 42.6 Å². The van der Waals surface area contributed by atoms with Crippen LogP contribution in [-0.4, -0.2) is 20.3 Å². The van der Waals surface area contributed by atoms with Crippen LogP contribution in [-0.2, 0) is 6.54 Å². The van der Waals surface area contributed by atoms with E-state index in [1.807, 2.05) is 18.2 Å². The first kappa shape index (κ1) is 16.4. The minimum absolute atomic E-state index is 0.735. The molecule has 118 valence electrons. The predicted molar refractivity (Wildman–Crippen MR) is 89.4 cm³/mol. The standard InChI is InChI=1S/C19H25NO2/c1-16-10-11-18(19(14-16)21-2)22-13-7-6-12-20-15-17-8-4-3-5-9-17/h3-5,8-11,14,20H,6-7,12-13,15H2,1-2H3/p+1. The molecule has 0 unspecified atom stereocenters. The Hall–Kier alpha value is -2.00. The highest BCUT2D eigenvalue weighted by Crippen LogP contribution is 2.27. The van der Waals surface area contributed by atoms with Gasteiger partial charge in [0.25, 0.3) is 0 Å². The summed E-state index contributed by atoms with van der Waals surface area (Å²) in [5, 5.41) is 2.35. The summed E-state index contributed by atoms with van der Waals surface area (Å²) >= 11 is 0. The molecule has 0 saturated heterocycles. The summed E-state index contributed by atoms with van der Waals surface area (Å²) in [6, 6.07) is 16.6. The van der Waals surface area contributed by atoms with Gasteiger partial charge in [-0.25, -0.2) is 0 Å². The molecule has 0 bridgehead atoms. The van der Waals surface area contributed by atoms with Crippen molar-refractivity contribution in [2.24, 2.45) is 0 Å². The van der Waals surface area contributed by atoms with Gasteiger partial charge in [-0.15, -0.1) is 0 Å². The van der Waals surface area contributed by atoms with E-state index in [1.54, 1.807) is 7.11 Å². The van der Waals surface area contributed by atoms with Gasteiger partial charge in [0.1, 0.15) is 6.54 Å². The number of methoxy groups -OCH3 is 1. The van der Waals surface area contributed by atoms with Gasteiger partial charge in [-0.1, -0.05) is 36.4 Å². The van der Waals surface area contributed by atoms with E-state index in [0.717, 1.165) is 44.0 Å². The first-order valence-corrected chi connectivity index (χ1v) is 7.92. The summed E-state index contributed by atoms with van der Waals surface area (Å²) in [6.45, 7) is 4.96. The number of unbranched alkanes of at least 4 members (excludes halogenated alkanes) is 1. The van der Waals surface area contributed by atoms with Gasteiger partial charge in [0.2, 0.25) is 0 Å². The maximum absolute atomic E-state index is 5.81. The summed E-state index contributed by atoms with van der Waals surface area (Å²) < 4.78 is 11.1. The fourth-order valence-corrected chi connectivity index (χ4v) is 2.35. The number of ether oxygens (including phenoxy) is 2. The highest BCUT2D eigenvalue weighted by Gasteiger charge is 2.04. The summed E-state index contributed by atoms with van der Waals surface area (Å²) in [5.41, 5.74) is 2.56. The molecule has 0 heterocycles. The molecule has 22 heavy (non-hydrogen) atoms. The third-order valence-electron chi connectivity index (χ3n) is 3.60. The van der Waals surface area contributed by atoms with Crippen molar-refractivity contribution in [3.63, 3.8) is 0 Å². The van der Waals surface area contributed by atoms with Gasteiger partial charge in [-0.05, 0) is 37.5 Å². The first-order chi connectivity index (χ1) is 10.8. The third kappa shape index (κ3) is 5.41. The van der Waals surface area contributed by atoms with Crippen molar-refractivity contribution >= 4 is 0 Å². The van der Waals surface area contributed by atoms with Crippen LogP contribution in [0.15, 0.2) is 48.5 Å². The highest BCUT2D eigenvalue weighted by atomic mass is 16.5. The van der Waals surface area contributed by atoms with Crippen molar-refractivity contribution in [1.82, 2.24) is 0 Å². The van der Waals surface area contributed by atoms with E-state index in [0.29, 0.717) is 0 Å². The van der Waals surface area contributed by atoms with Gasteiger partial charge >= 0.3 is 0 Å². The van der Waals surface area contributed by atoms with E-state index in [1.165, 1.54) is 11.1 Å². The van der Waals surface area contributed by atoms with Crippen molar-refractivity contribution in [2.45, 2.75) is 26.3 Å². The number of rotatable bonds is 9. The topological polar surface area (TPSA) is 35.1 Å². The molecule has 2 aromatic rings. The maximum atomic E-state index is 5.81. The Morgan fingerprint density at radius 1 is 0.955 bits per heavy atom. The molecule has 2 aromatic carbocycles. The van der Waals surface area contributed by atoms with Crippen LogP contribution < -0.4 is 14.8 Å². The van der Waals surface area contributed by atoms with E-state index in [9.17, 15) is 0 Å². The fraction of sp³-hybridized carbons (Fsp3) is 0.368. The van der Waals surface area contributed by atoms with Gasteiger partial charge in [-0.2, -0.15) is 0 Å². The molecule has 0 aliphatic rings. The molecular formula is C19H26NO2+. The lowest BCUT2D eigenvalue weighted by Crippen LogP contribution is -2.82. The minimum atomic E-state index is 0.735. The Bertz CT molecular complexity index is 555. The lowest BCUT2D eigenvalue weighted by atomic mass is 10.2. The monoisotopic (exact) mass is 300 g/mol. The number of quaternary nitrogens is 1. The van der Waals surface area contributed by atoms with Crippen LogP contribution >= 0.6 is 0 Å². The summed E-state index contributed by atoms with van der Waals surface area (Å²) in [4.78, 5) is 0. The van der Waals surface area contributed by atoms with Crippen molar-refractivity contribution in [1.29, 1.82) is 0 Å². The van der Waals surface area contributed by atoms with Gasteiger partial charge in [-0.3, -0.25) is 0 Å². The molecule has 2 rings (SSSR count). The number of hydrogen-bond donors (Lipinski definition) is 1. The number of nitrogens with two attached hydrogens (primary N) is 1. The van der Waals surface area contributed by atoms with Gasteiger partial charge < -0.3 is 14.8 Å². The van der Waals surface area contributed by atoms with E-state index in [-0.39, 0.29) is 0 Å². The van der Waals surface area contributed by atoms with Crippen LogP contribution in [0.5, 0.6) is 11.5 Å². The van der Waals surface area contributed by atoms with Crippen LogP contribution in [0, 0.1) is 6.92 Å². The predicted octanol–water partition coefficient (Wildman–Crippen LogP) is 2.93. The Balaban J connectivity index is 1.59. The van der Waals surface area contributed by atoms with Crippen LogP contribution in [0.4, 0.5) is 0 Å². The fourth-order valence-electron chi connectivity index (χ4n) is 2.35. The largest absolute Gasteiger partial charge is 0.493 e. The van der Waals surface area contributed by atoms with E-state index < -0.39 is 0 Å². The quantitative estimate of drug-likeness (QED) is 0.723. The summed E-state index contributed by atoms with van der Waals surface area (Å²) in [5.74, 6) is 1.65. The van der Waals surface area contributed by atoms with Crippen LogP contribution in [0.1, 0.15) is 24.0 Å². The van der Waals surface area contributed by atoms with Gasteiger partial charge in [0, 0.05) is 5.56 Å². The summed E-state index contributed by atoms with van der Waals surface area (Å²) in [7, 11) is 1.68. The lowest BCUT2D eigenvalue weighted by molar-refractivity contribution is -0.671. The molecule has 0 fully saturated rings. The van der Waals surface area contributed by atoms with Crippen LogP contribution in [0.2, 0.25) is 0 Å².